The highest BCUT2D eigenvalue weighted by Gasteiger charge is 2.17. The molecule has 0 aliphatic rings. The average Bonchev–Trinajstić information content (AvgIpc) is 2.92. The van der Waals surface area contributed by atoms with Crippen LogP contribution in [-0.2, 0) is 11.3 Å². The fraction of sp³-hybridized carbons (Fsp3) is 0.278. The third kappa shape index (κ3) is 3.48. The molecule has 0 aliphatic heterocycles. The fourth-order valence-corrected chi connectivity index (χ4v) is 2.93. The summed E-state index contributed by atoms with van der Waals surface area (Å²) in [5.41, 5.74) is 0.992. The molecule has 3 rings (SSSR count). The summed E-state index contributed by atoms with van der Waals surface area (Å²) in [4.78, 5) is 29.2. The van der Waals surface area contributed by atoms with E-state index in [0.717, 1.165) is 0 Å². The second-order valence-corrected chi connectivity index (χ2v) is 6.28. The number of carbonyl (C=O) groups is 1. The first kappa shape index (κ1) is 18.8. The van der Waals surface area contributed by atoms with Crippen molar-refractivity contribution in [3.63, 3.8) is 0 Å². The number of carbonyl (C=O) groups excluding carboxylic acids is 1. The average molecular weight is 392 g/mol. The van der Waals surface area contributed by atoms with Gasteiger partial charge in [0.2, 0.25) is 11.6 Å². The van der Waals surface area contributed by atoms with Crippen LogP contribution in [0.15, 0.2) is 27.7 Å². The fourth-order valence-electron chi connectivity index (χ4n) is 2.68. The van der Waals surface area contributed by atoms with Gasteiger partial charge in [-0.1, -0.05) is 11.6 Å². The van der Waals surface area contributed by atoms with Crippen LogP contribution in [0.25, 0.3) is 11.1 Å². The van der Waals surface area contributed by atoms with Crippen LogP contribution in [-0.4, -0.2) is 29.7 Å². The van der Waals surface area contributed by atoms with Crippen LogP contribution in [0.2, 0.25) is 5.02 Å². The minimum absolute atomic E-state index is 0.224. The summed E-state index contributed by atoms with van der Waals surface area (Å²) in [7, 11) is 2.94. The first-order chi connectivity index (χ1) is 12.8. The molecule has 0 radical (unpaired) electrons. The molecule has 0 unspecified atom stereocenters. The number of nitrogens with zero attached hydrogens (tertiary/aromatic N) is 2. The van der Waals surface area contributed by atoms with Gasteiger partial charge in [-0.15, -0.1) is 0 Å². The van der Waals surface area contributed by atoms with Crippen molar-refractivity contribution in [2.24, 2.45) is 0 Å². The highest BCUT2D eigenvalue weighted by atomic mass is 35.5. The molecule has 1 N–H and O–H groups in total. The highest BCUT2D eigenvalue weighted by molar-refractivity contribution is 6.32. The molecule has 0 bridgehead atoms. The van der Waals surface area contributed by atoms with E-state index in [4.69, 9.17) is 25.5 Å². The van der Waals surface area contributed by atoms with Gasteiger partial charge in [-0.2, -0.15) is 0 Å². The summed E-state index contributed by atoms with van der Waals surface area (Å²) in [5.74, 6) is 0.986. The third-order valence-corrected chi connectivity index (χ3v) is 4.51. The molecular weight excluding hydrogens is 374 g/mol. The van der Waals surface area contributed by atoms with Crippen LogP contribution >= 0.6 is 11.6 Å². The smallest absolute Gasteiger partial charge is 0.265 e. The number of nitrogens with one attached hydrogen (secondary N) is 1. The zero-order valence-electron chi connectivity index (χ0n) is 15.3. The van der Waals surface area contributed by atoms with Crippen LogP contribution < -0.4 is 20.3 Å². The summed E-state index contributed by atoms with van der Waals surface area (Å²) in [6, 6.07) is 3.08. The lowest BCUT2D eigenvalue weighted by molar-refractivity contribution is -0.116. The van der Waals surface area contributed by atoms with Crippen molar-refractivity contribution >= 4 is 34.3 Å². The lowest BCUT2D eigenvalue weighted by Gasteiger charge is -2.13. The zero-order chi connectivity index (χ0) is 19.7. The van der Waals surface area contributed by atoms with E-state index in [2.05, 4.69) is 10.3 Å². The minimum atomic E-state index is -0.435. The van der Waals surface area contributed by atoms with Crippen LogP contribution in [0, 0.1) is 13.8 Å². The third-order valence-electron chi connectivity index (χ3n) is 4.22. The summed E-state index contributed by atoms with van der Waals surface area (Å²) >= 11 is 6.10. The lowest BCUT2D eigenvalue weighted by atomic mass is 10.2. The molecule has 0 fully saturated rings. The van der Waals surface area contributed by atoms with Gasteiger partial charge in [0.25, 0.3) is 5.56 Å². The van der Waals surface area contributed by atoms with Crippen molar-refractivity contribution in [2.75, 3.05) is 19.5 Å². The van der Waals surface area contributed by atoms with Gasteiger partial charge in [0, 0.05) is 11.6 Å². The Bertz CT molecular complexity index is 1090. The molecule has 2 heterocycles. The van der Waals surface area contributed by atoms with Gasteiger partial charge in [0.05, 0.1) is 24.9 Å². The maximum absolute atomic E-state index is 12.6. The zero-order valence-corrected chi connectivity index (χ0v) is 16.0. The Morgan fingerprint density at radius 2 is 1.96 bits per heavy atom. The van der Waals surface area contributed by atoms with Crippen LogP contribution in [0.5, 0.6) is 11.5 Å². The number of amides is 1. The van der Waals surface area contributed by atoms with E-state index >= 15 is 0 Å². The Kier molecular flexibility index (Phi) is 5.09. The van der Waals surface area contributed by atoms with Crippen molar-refractivity contribution < 1.29 is 18.7 Å². The normalized spacial score (nSPS) is 10.9. The standard InChI is InChI=1S/C18H18ClN3O5/c1-9-10(2)27-17-16(9)18(24)22(8-20-17)7-15(23)21-12-5-11(19)13(25-3)6-14(12)26-4/h5-6,8H,7H2,1-4H3,(H,21,23). The molecule has 9 heteroatoms. The topological polar surface area (TPSA) is 95.6 Å². The molecule has 8 nitrogen and oxygen atoms in total. The number of rotatable bonds is 5. The summed E-state index contributed by atoms with van der Waals surface area (Å²) in [6.07, 6.45) is 1.28. The first-order valence-electron chi connectivity index (χ1n) is 8.02. The molecule has 0 saturated heterocycles. The van der Waals surface area contributed by atoms with Gasteiger partial charge < -0.3 is 19.2 Å². The number of furan rings is 1. The molecule has 3 aromatic rings. The summed E-state index contributed by atoms with van der Waals surface area (Å²) in [5, 5.41) is 3.37. The number of hydrogen-bond donors (Lipinski definition) is 1. The molecular formula is C18H18ClN3O5. The molecule has 27 heavy (non-hydrogen) atoms. The van der Waals surface area contributed by atoms with Crippen molar-refractivity contribution in [1.29, 1.82) is 0 Å². The number of aryl methyl sites for hydroxylation is 2. The second kappa shape index (κ2) is 7.32. The van der Waals surface area contributed by atoms with E-state index < -0.39 is 5.91 Å². The van der Waals surface area contributed by atoms with Crippen LogP contribution in [0.4, 0.5) is 5.69 Å². The van der Waals surface area contributed by atoms with Crippen molar-refractivity contribution in [1.82, 2.24) is 9.55 Å². The largest absolute Gasteiger partial charge is 0.495 e. The number of methoxy groups -OCH3 is 2. The molecule has 0 spiro atoms. The molecule has 142 valence electrons. The molecule has 2 aromatic heterocycles. The van der Waals surface area contributed by atoms with Gasteiger partial charge in [0.15, 0.2) is 0 Å². The Morgan fingerprint density at radius 3 is 2.63 bits per heavy atom. The predicted octanol–water partition coefficient (Wildman–Crippen LogP) is 2.92. The second-order valence-electron chi connectivity index (χ2n) is 5.88. The molecule has 0 aliphatic carbocycles. The quantitative estimate of drug-likeness (QED) is 0.718. The van der Waals surface area contributed by atoms with Crippen molar-refractivity contribution in [3.05, 3.63) is 45.2 Å². The van der Waals surface area contributed by atoms with Crippen molar-refractivity contribution in [3.8, 4) is 11.5 Å². The number of aromatic nitrogens is 2. The Hall–Kier alpha value is -3.00. The van der Waals surface area contributed by atoms with Crippen LogP contribution in [0.1, 0.15) is 11.3 Å². The van der Waals surface area contributed by atoms with E-state index in [1.807, 2.05) is 0 Å². The van der Waals surface area contributed by atoms with Gasteiger partial charge in [-0.05, 0) is 19.9 Å². The minimum Gasteiger partial charge on any atom is -0.495 e. The van der Waals surface area contributed by atoms with E-state index in [0.29, 0.717) is 38.9 Å². The number of halogens is 1. The van der Waals surface area contributed by atoms with Gasteiger partial charge in [0.1, 0.15) is 35.5 Å². The maximum atomic E-state index is 12.6. The van der Waals surface area contributed by atoms with Gasteiger partial charge in [-0.3, -0.25) is 14.2 Å². The number of anilines is 1. The monoisotopic (exact) mass is 391 g/mol. The predicted molar refractivity (Wildman–Crippen MR) is 101 cm³/mol. The number of benzene rings is 1. The van der Waals surface area contributed by atoms with E-state index in [9.17, 15) is 9.59 Å². The Morgan fingerprint density at radius 1 is 1.26 bits per heavy atom. The maximum Gasteiger partial charge on any atom is 0.265 e. The van der Waals surface area contributed by atoms with E-state index in [1.54, 1.807) is 19.9 Å². The van der Waals surface area contributed by atoms with Gasteiger partial charge >= 0.3 is 0 Å². The Labute approximate surface area is 159 Å². The molecule has 0 saturated carbocycles. The Balaban J connectivity index is 1.88. The SMILES string of the molecule is COc1cc(OC)c(NC(=O)Cn2cnc3oc(C)c(C)c3c2=O)cc1Cl. The first-order valence-corrected chi connectivity index (χ1v) is 8.40. The molecule has 1 aromatic carbocycles. The number of ether oxygens (including phenoxy) is 2. The molecule has 0 atom stereocenters. The van der Waals surface area contributed by atoms with Crippen molar-refractivity contribution in [2.45, 2.75) is 20.4 Å². The highest BCUT2D eigenvalue weighted by Crippen LogP contribution is 2.35. The summed E-state index contributed by atoms with van der Waals surface area (Å²) in [6.45, 7) is 3.31. The number of fused-ring (bicyclic) bond motifs is 1. The van der Waals surface area contributed by atoms with E-state index in [-0.39, 0.29) is 17.8 Å². The number of hydrogen-bond acceptors (Lipinski definition) is 6. The molecule has 1 amide bonds. The summed E-state index contributed by atoms with van der Waals surface area (Å²) < 4.78 is 17.0. The lowest BCUT2D eigenvalue weighted by Crippen LogP contribution is -2.28. The van der Waals surface area contributed by atoms with Crippen LogP contribution in [0.3, 0.4) is 0 Å². The van der Waals surface area contributed by atoms with E-state index in [1.165, 1.54) is 31.2 Å². The van der Waals surface area contributed by atoms with Gasteiger partial charge in [-0.25, -0.2) is 4.98 Å².